The van der Waals surface area contributed by atoms with Gasteiger partial charge in [0.05, 0.1) is 4.90 Å². The Labute approximate surface area is 183 Å². The zero-order valence-corrected chi connectivity index (χ0v) is 19.1. The summed E-state index contributed by atoms with van der Waals surface area (Å²) in [5.41, 5.74) is 4.05. The number of likely N-dealkylation sites (N-methyl/N-ethyl adjacent to an activating group) is 1. The summed E-state index contributed by atoms with van der Waals surface area (Å²) in [5, 5.41) is 4.17. The topological polar surface area (TPSA) is 79.6 Å². The van der Waals surface area contributed by atoms with Gasteiger partial charge in [0, 0.05) is 37.3 Å². The molecule has 0 aliphatic rings. The highest BCUT2D eigenvalue weighted by molar-refractivity contribution is 7.89. The van der Waals surface area contributed by atoms with Gasteiger partial charge in [-0.1, -0.05) is 19.9 Å². The van der Waals surface area contributed by atoms with Crippen LogP contribution in [0.3, 0.4) is 0 Å². The van der Waals surface area contributed by atoms with Crippen LogP contribution in [0.1, 0.15) is 36.5 Å². The highest BCUT2D eigenvalue weighted by atomic mass is 32.2. The fourth-order valence-corrected chi connectivity index (χ4v) is 4.70. The smallest absolute Gasteiger partial charge is 0.336 e. The molecule has 0 bridgehead atoms. The summed E-state index contributed by atoms with van der Waals surface area (Å²) in [6.07, 6.45) is 1.54. The van der Waals surface area contributed by atoms with Crippen LogP contribution in [-0.2, 0) is 16.6 Å². The Hall–Kier alpha value is -2.90. The molecule has 0 spiro atoms. The zero-order valence-electron chi connectivity index (χ0n) is 18.3. The molecule has 1 N–H and O–H groups in total. The van der Waals surface area contributed by atoms with Crippen LogP contribution < -0.4 is 10.9 Å². The van der Waals surface area contributed by atoms with E-state index >= 15 is 0 Å². The van der Waals surface area contributed by atoms with E-state index in [2.05, 4.69) is 31.8 Å². The third-order valence-electron chi connectivity index (χ3n) is 5.27. The molecule has 3 rings (SSSR count). The maximum atomic E-state index is 12.5. The van der Waals surface area contributed by atoms with Crippen molar-refractivity contribution in [2.75, 3.05) is 18.9 Å². The van der Waals surface area contributed by atoms with Crippen molar-refractivity contribution in [2.24, 2.45) is 0 Å². The predicted octanol–water partition coefficient (Wildman–Crippen LogP) is 4.64. The molecule has 1 heterocycles. The van der Waals surface area contributed by atoms with Crippen LogP contribution in [0.4, 0.5) is 5.69 Å². The highest BCUT2D eigenvalue weighted by Crippen LogP contribution is 2.27. The summed E-state index contributed by atoms with van der Waals surface area (Å²) in [7, 11) is -2.04. The molecular weight excluding hydrogens is 412 g/mol. The fraction of sp³-hybridized carbons (Fsp3) is 0.292. The molecule has 6 nitrogen and oxygen atoms in total. The largest absolute Gasteiger partial charge is 0.423 e. The number of hydrogen-bond acceptors (Lipinski definition) is 5. The van der Waals surface area contributed by atoms with E-state index in [1.165, 1.54) is 23.0 Å². The molecule has 0 aliphatic carbocycles. The summed E-state index contributed by atoms with van der Waals surface area (Å²) in [5.74, 6) is 0.353. The molecular formula is C24H28N2O4S. The van der Waals surface area contributed by atoms with E-state index in [1.54, 1.807) is 30.3 Å². The van der Waals surface area contributed by atoms with Crippen LogP contribution in [0.2, 0.25) is 0 Å². The molecule has 31 heavy (non-hydrogen) atoms. The number of hydrogen-bond donors (Lipinski definition) is 1. The van der Waals surface area contributed by atoms with Crippen molar-refractivity contribution in [2.45, 2.75) is 38.1 Å². The maximum Gasteiger partial charge on any atom is 0.336 e. The van der Waals surface area contributed by atoms with Crippen molar-refractivity contribution in [3.63, 3.8) is 0 Å². The number of aryl methyl sites for hydroxylation is 1. The van der Waals surface area contributed by atoms with Crippen LogP contribution >= 0.6 is 0 Å². The SMILES string of the molecule is C=CCN(C)S(=O)(=O)c1ccc(NCc2cc(=O)oc3cc(C)c(C(C)C)cc23)cc1. The van der Waals surface area contributed by atoms with E-state index in [4.69, 9.17) is 4.42 Å². The van der Waals surface area contributed by atoms with Crippen LogP contribution in [0.15, 0.2) is 69.2 Å². The second-order valence-corrected chi connectivity index (χ2v) is 9.95. The average Bonchev–Trinajstić information content (AvgIpc) is 2.71. The van der Waals surface area contributed by atoms with Crippen LogP contribution in [0.25, 0.3) is 11.0 Å². The first-order valence-corrected chi connectivity index (χ1v) is 11.6. The van der Waals surface area contributed by atoms with Crippen molar-refractivity contribution >= 4 is 26.7 Å². The molecule has 0 radical (unpaired) electrons. The molecule has 3 aromatic rings. The van der Waals surface area contributed by atoms with E-state index < -0.39 is 15.6 Å². The third-order valence-corrected chi connectivity index (χ3v) is 7.11. The van der Waals surface area contributed by atoms with Crippen molar-refractivity contribution < 1.29 is 12.8 Å². The number of nitrogens with one attached hydrogen (secondary N) is 1. The molecule has 0 fully saturated rings. The van der Waals surface area contributed by atoms with Gasteiger partial charge in [-0.15, -0.1) is 6.58 Å². The van der Waals surface area contributed by atoms with E-state index in [0.29, 0.717) is 18.0 Å². The quantitative estimate of drug-likeness (QED) is 0.408. The van der Waals surface area contributed by atoms with Crippen molar-refractivity contribution in [1.82, 2.24) is 4.31 Å². The number of rotatable bonds is 8. The van der Waals surface area contributed by atoms with Gasteiger partial charge in [0.2, 0.25) is 10.0 Å². The van der Waals surface area contributed by atoms with Crippen LogP contribution in [-0.4, -0.2) is 26.3 Å². The van der Waals surface area contributed by atoms with Gasteiger partial charge in [0.1, 0.15) is 5.58 Å². The Balaban J connectivity index is 1.86. The second kappa shape index (κ2) is 9.08. The Bertz CT molecular complexity index is 1260. The summed E-state index contributed by atoms with van der Waals surface area (Å²) >= 11 is 0. The summed E-state index contributed by atoms with van der Waals surface area (Å²) in [6, 6.07) is 12.1. The maximum absolute atomic E-state index is 12.5. The second-order valence-electron chi connectivity index (χ2n) is 7.90. The Morgan fingerprint density at radius 2 is 1.84 bits per heavy atom. The first-order chi connectivity index (χ1) is 14.6. The van der Waals surface area contributed by atoms with Gasteiger partial charge in [-0.25, -0.2) is 13.2 Å². The number of sulfonamides is 1. The fourth-order valence-electron chi connectivity index (χ4n) is 3.56. The van der Waals surface area contributed by atoms with Gasteiger partial charge < -0.3 is 9.73 Å². The third kappa shape index (κ3) is 4.89. The molecule has 0 saturated heterocycles. The van der Waals surface area contributed by atoms with Crippen molar-refractivity contribution in [1.29, 1.82) is 0 Å². The average molecular weight is 441 g/mol. The minimum atomic E-state index is -3.56. The van der Waals surface area contributed by atoms with E-state index in [-0.39, 0.29) is 11.4 Å². The number of anilines is 1. The number of fused-ring (bicyclic) bond motifs is 1. The van der Waals surface area contributed by atoms with E-state index in [0.717, 1.165) is 22.2 Å². The Morgan fingerprint density at radius 1 is 1.16 bits per heavy atom. The van der Waals surface area contributed by atoms with Gasteiger partial charge in [-0.2, -0.15) is 4.31 Å². The molecule has 1 aromatic heterocycles. The minimum absolute atomic E-state index is 0.213. The Kier molecular flexibility index (Phi) is 6.67. The lowest BCUT2D eigenvalue weighted by molar-refractivity contribution is 0.499. The monoisotopic (exact) mass is 440 g/mol. The number of nitrogens with zero attached hydrogens (tertiary/aromatic N) is 1. The molecule has 0 atom stereocenters. The normalized spacial score (nSPS) is 11.9. The molecule has 0 aliphatic heterocycles. The zero-order chi connectivity index (χ0) is 22.8. The lowest BCUT2D eigenvalue weighted by Crippen LogP contribution is -2.26. The molecule has 164 valence electrons. The van der Waals surface area contributed by atoms with Gasteiger partial charge >= 0.3 is 5.63 Å². The summed E-state index contributed by atoms with van der Waals surface area (Å²) < 4.78 is 31.7. The standard InChI is InChI=1S/C24H28N2O4S/c1-6-11-26(5)31(28,29)20-9-7-19(8-10-20)25-15-18-13-24(27)30-23-12-17(4)21(16(2)3)14-22(18)23/h6-10,12-14,16,25H,1,11,15H2,2-5H3. The van der Waals surface area contributed by atoms with E-state index in [9.17, 15) is 13.2 Å². The van der Waals surface area contributed by atoms with Gasteiger partial charge in [0.15, 0.2) is 0 Å². The molecule has 0 unspecified atom stereocenters. The lowest BCUT2D eigenvalue weighted by atomic mass is 9.95. The molecule has 0 saturated carbocycles. The van der Waals surface area contributed by atoms with Crippen molar-refractivity contribution in [3.8, 4) is 0 Å². The predicted molar refractivity (Wildman–Crippen MR) is 125 cm³/mol. The Morgan fingerprint density at radius 3 is 2.45 bits per heavy atom. The summed E-state index contributed by atoms with van der Waals surface area (Å²) in [6.45, 7) is 10.5. The lowest BCUT2D eigenvalue weighted by Gasteiger charge is -2.16. The highest BCUT2D eigenvalue weighted by Gasteiger charge is 2.19. The van der Waals surface area contributed by atoms with Gasteiger partial charge in [-0.3, -0.25) is 0 Å². The van der Waals surface area contributed by atoms with Gasteiger partial charge in [0.25, 0.3) is 0 Å². The summed E-state index contributed by atoms with van der Waals surface area (Å²) in [4.78, 5) is 12.3. The first-order valence-electron chi connectivity index (χ1n) is 10.1. The molecule has 2 aromatic carbocycles. The minimum Gasteiger partial charge on any atom is -0.423 e. The van der Waals surface area contributed by atoms with Gasteiger partial charge in [-0.05, 0) is 65.9 Å². The number of benzene rings is 2. The van der Waals surface area contributed by atoms with Crippen LogP contribution in [0, 0.1) is 6.92 Å². The van der Waals surface area contributed by atoms with Crippen LogP contribution in [0.5, 0.6) is 0 Å². The molecule has 0 amide bonds. The van der Waals surface area contributed by atoms with Crippen molar-refractivity contribution in [3.05, 3.63) is 82.2 Å². The van der Waals surface area contributed by atoms with E-state index in [1.807, 2.05) is 13.0 Å². The first kappa shape index (κ1) is 22.8. The molecule has 7 heteroatoms.